The Bertz CT molecular complexity index is 3850. The normalized spacial score (nSPS) is 11.9. The molecule has 0 radical (unpaired) electrons. The van der Waals surface area contributed by atoms with Gasteiger partial charge in [-0.3, -0.25) is 0 Å². The van der Waals surface area contributed by atoms with E-state index >= 15 is 0 Å². The van der Waals surface area contributed by atoms with Gasteiger partial charge in [-0.25, -0.2) is 0 Å². The van der Waals surface area contributed by atoms with E-state index in [1.807, 2.05) is 12.1 Å². The third-order valence-corrected chi connectivity index (χ3v) is 12.6. The van der Waals surface area contributed by atoms with Crippen LogP contribution in [-0.2, 0) is 0 Å². The van der Waals surface area contributed by atoms with Gasteiger partial charge < -0.3 is 18.3 Å². The summed E-state index contributed by atoms with van der Waals surface area (Å²) < 4.78 is 15.8. The molecular weight excluding hydrogens is 757 g/mol. The second kappa shape index (κ2) is 13.6. The van der Waals surface area contributed by atoms with Crippen LogP contribution in [0.4, 0.5) is 17.1 Å². The van der Waals surface area contributed by atoms with E-state index in [0.717, 1.165) is 88.9 Å². The van der Waals surface area contributed by atoms with E-state index in [4.69, 9.17) is 8.83 Å². The molecule has 290 valence electrons. The topological polar surface area (TPSA) is 34.5 Å². The van der Waals surface area contributed by atoms with E-state index in [1.165, 1.54) is 32.6 Å². The van der Waals surface area contributed by atoms with Crippen molar-refractivity contribution in [2.75, 3.05) is 4.90 Å². The summed E-state index contributed by atoms with van der Waals surface area (Å²) in [4.78, 5) is 2.40. The molecule has 0 aliphatic carbocycles. The van der Waals surface area contributed by atoms with Crippen molar-refractivity contribution in [1.29, 1.82) is 0 Å². The first-order valence-electron chi connectivity index (χ1n) is 21.1. The molecule has 3 heterocycles. The molecule has 0 aliphatic rings. The smallest absolute Gasteiger partial charge is 0.145 e. The molecule has 13 aromatic rings. The average molecular weight is 793 g/mol. The monoisotopic (exact) mass is 792 g/mol. The summed E-state index contributed by atoms with van der Waals surface area (Å²) in [6, 6.07) is 77.9. The molecule has 0 aliphatic heterocycles. The molecule has 62 heavy (non-hydrogen) atoms. The Morgan fingerprint density at radius 1 is 0.355 bits per heavy atom. The van der Waals surface area contributed by atoms with E-state index in [9.17, 15) is 0 Å². The maximum absolute atomic E-state index is 7.05. The van der Waals surface area contributed by atoms with Crippen molar-refractivity contribution in [2.24, 2.45) is 0 Å². The summed E-state index contributed by atoms with van der Waals surface area (Å²) in [6.07, 6.45) is 0. The van der Waals surface area contributed by atoms with Crippen molar-refractivity contribution in [2.45, 2.75) is 0 Å². The van der Waals surface area contributed by atoms with Crippen LogP contribution in [0.1, 0.15) is 0 Å². The third-order valence-electron chi connectivity index (χ3n) is 12.6. The molecule has 0 unspecified atom stereocenters. The van der Waals surface area contributed by atoms with E-state index in [2.05, 4.69) is 216 Å². The van der Waals surface area contributed by atoms with Crippen LogP contribution < -0.4 is 4.90 Å². The first-order valence-corrected chi connectivity index (χ1v) is 21.1. The van der Waals surface area contributed by atoms with Crippen LogP contribution in [0.2, 0.25) is 0 Å². The van der Waals surface area contributed by atoms with Crippen molar-refractivity contribution in [3.63, 3.8) is 0 Å². The number of fused-ring (bicyclic) bond motifs is 10. The highest BCUT2D eigenvalue weighted by atomic mass is 16.3. The second-order valence-corrected chi connectivity index (χ2v) is 16.0. The average Bonchev–Trinajstić information content (AvgIpc) is 4.02. The minimum Gasteiger partial charge on any atom is -0.456 e. The highest BCUT2D eigenvalue weighted by molar-refractivity contribution is 6.18. The Morgan fingerprint density at radius 3 is 1.76 bits per heavy atom. The van der Waals surface area contributed by atoms with Gasteiger partial charge in [0.25, 0.3) is 0 Å². The summed E-state index contributed by atoms with van der Waals surface area (Å²) in [5.41, 5.74) is 14.4. The van der Waals surface area contributed by atoms with Gasteiger partial charge in [-0.05, 0) is 94.7 Å². The maximum atomic E-state index is 7.05. The van der Waals surface area contributed by atoms with Crippen LogP contribution in [-0.4, -0.2) is 4.57 Å². The van der Waals surface area contributed by atoms with Crippen LogP contribution in [0.15, 0.2) is 227 Å². The molecule has 10 aromatic carbocycles. The van der Waals surface area contributed by atoms with Gasteiger partial charge in [0.1, 0.15) is 22.3 Å². The number of para-hydroxylation sites is 5. The van der Waals surface area contributed by atoms with Gasteiger partial charge in [0, 0.05) is 49.4 Å². The molecule has 0 atom stereocenters. The number of furan rings is 2. The van der Waals surface area contributed by atoms with Crippen LogP contribution in [0.5, 0.6) is 0 Å². The molecule has 0 saturated heterocycles. The predicted octanol–water partition coefficient (Wildman–Crippen LogP) is 16.5. The molecule has 0 N–H and O–H groups in total. The molecule has 0 saturated carbocycles. The van der Waals surface area contributed by atoms with Gasteiger partial charge in [0.15, 0.2) is 0 Å². The van der Waals surface area contributed by atoms with Gasteiger partial charge >= 0.3 is 0 Å². The summed E-state index contributed by atoms with van der Waals surface area (Å²) in [5.74, 6) is 0. The fourth-order valence-corrected chi connectivity index (χ4v) is 9.86. The maximum Gasteiger partial charge on any atom is 0.145 e. The highest BCUT2D eigenvalue weighted by Gasteiger charge is 2.25. The fourth-order valence-electron chi connectivity index (χ4n) is 9.86. The van der Waals surface area contributed by atoms with Gasteiger partial charge in [-0.2, -0.15) is 0 Å². The number of hydrogen-bond acceptors (Lipinski definition) is 3. The van der Waals surface area contributed by atoms with E-state index < -0.39 is 0 Å². The summed E-state index contributed by atoms with van der Waals surface area (Å²) in [7, 11) is 0. The largest absolute Gasteiger partial charge is 0.456 e. The Balaban J connectivity index is 1.07. The van der Waals surface area contributed by atoms with Gasteiger partial charge in [-0.1, -0.05) is 146 Å². The standard InChI is InChI=1S/C58H36N2O2/c1-2-16-38-35-41(32-31-37(38)15-1)59(40-18-13-17-39(36-40)42-24-14-30-55-56(42)47-22-6-11-28-53(47)61-55)52-34-33-46(58-57(52)48-23-7-12-29-54(48)62-58)45-21-5-10-27-51(45)60-49-25-8-3-19-43(49)44-20-4-9-26-50(44)60/h1-36H. The van der Waals surface area contributed by atoms with E-state index in [1.54, 1.807) is 0 Å². The zero-order chi connectivity index (χ0) is 40.7. The number of aromatic nitrogens is 1. The van der Waals surface area contributed by atoms with Crippen LogP contribution in [0, 0.1) is 0 Å². The zero-order valence-electron chi connectivity index (χ0n) is 33.5. The minimum atomic E-state index is 0.841. The molecule has 0 amide bonds. The molecule has 0 fully saturated rings. The third kappa shape index (κ3) is 5.20. The van der Waals surface area contributed by atoms with Gasteiger partial charge in [0.2, 0.25) is 0 Å². The first kappa shape index (κ1) is 34.5. The van der Waals surface area contributed by atoms with Crippen molar-refractivity contribution < 1.29 is 8.83 Å². The fraction of sp³-hybridized carbons (Fsp3) is 0. The summed E-state index contributed by atoms with van der Waals surface area (Å²) in [6.45, 7) is 0. The lowest BCUT2D eigenvalue weighted by Gasteiger charge is -2.27. The molecule has 13 rings (SSSR count). The Labute approximate surface area is 356 Å². The molecule has 4 heteroatoms. The summed E-state index contributed by atoms with van der Waals surface area (Å²) in [5, 5.41) is 9.16. The van der Waals surface area contributed by atoms with Gasteiger partial charge in [-0.15, -0.1) is 0 Å². The van der Waals surface area contributed by atoms with Crippen molar-refractivity contribution in [3.8, 4) is 27.9 Å². The Hall–Kier alpha value is -8.34. The van der Waals surface area contributed by atoms with Crippen molar-refractivity contribution in [3.05, 3.63) is 218 Å². The first-order chi connectivity index (χ1) is 30.8. The quantitative estimate of drug-likeness (QED) is 0.168. The molecule has 3 aromatic heterocycles. The number of hydrogen-bond donors (Lipinski definition) is 0. The Morgan fingerprint density at radius 2 is 0.952 bits per heavy atom. The lowest BCUT2D eigenvalue weighted by molar-refractivity contribution is 0.669. The van der Waals surface area contributed by atoms with E-state index in [0.29, 0.717) is 0 Å². The lowest BCUT2D eigenvalue weighted by atomic mass is 9.97. The van der Waals surface area contributed by atoms with Crippen LogP contribution in [0.3, 0.4) is 0 Å². The van der Waals surface area contributed by atoms with Crippen LogP contribution in [0.25, 0.3) is 104 Å². The van der Waals surface area contributed by atoms with Crippen LogP contribution >= 0.6 is 0 Å². The molecular formula is C58H36N2O2. The second-order valence-electron chi connectivity index (χ2n) is 16.0. The van der Waals surface area contributed by atoms with Crippen molar-refractivity contribution >= 4 is 93.5 Å². The number of benzene rings is 10. The minimum absolute atomic E-state index is 0.841. The predicted molar refractivity (Wildman–Crippen MR) is 258 cm³/mol. The number of rotatable bonds is 6. The summed E-state index contributed by atoms with van der Waals surface area (Å²) >= 11 is 0. The molecule has 0 spiro atoms. The SMILES string of the molecule is c1cc(-c2cccc3oc4ccccc4c23)cc(N(c2ccc3ccccc3c2)c2ccc(-c3ccccc3-n3c4ccccc4c4ccccc43)c3oc4ccccc4c23)c1. The molecule has 4 nitrogen and oxygen atoms in total. The zero-order valence-corrected chi connectivity index (χ0v) is 33.5. The Kier molecular flexibility index (Phi) is 7.57. The number of anilines is 3. The lowest BCUT2D eigenvalue weighted by Crippen LogP contribution is -2.10. The highest BCUT2D eigenvalue weighted by Crippen LogP contribution is 2.49. The molecule has 0 bridgehead atoms. The van der Waals surface area contributed by atoms with Gasteiger partial charge in [0.05, 0.1) is 27.8 Å². The number of nitrogens with zero attached hydrogens (tertiary/aromatic N) is 2. The van der Waals surface area contributed by atoms with Crippen molar-refractivity contribution in [1.82, 2.24) is 4.57 Å². The van der Waals surface area contributed by atoms with E-state index in [-0.39, 0.29) is 0 Å².